The molecule has 36 heavy (non-hydrogen) atoms. The minimum absolute atomic E-state index is 0.101. The first-order valence-electron chi connectivity index (χ1n) is 12.6. The fourth-order valence-corrected chi connectivity index (χ4v) is 5.28. The van der Waals surface area contributed by atoms with Crippen LogP contribution in [0, 0.1) is 13.8 Å². The van der Waals surface area contributed by atoms with Crippen LogP contribution in [0.2, 0.25) is 0 Å². The van der Waals surface area contributed by atoms with Crippen LogP contribution in [0.1, 0.15) is 36.0 Å². The Hall–Kier alpha value is -3.93. The second-order valence-electron chi connectivity index (χ2n) is 9.58. The first kappa shape index (κ1) is 23.8. The van der Waals surface area contributed by atoms with Gasteiger partial charge in [-0.1, -0.05) is 59.8 Å². The molecular formula is C30H32N4O2. The zero-order valence-corrected chi connectivity index (χ0v) is 21.1. The number of carbonyl (C=O) groups excluding carboxylic acids is 1. The summed E-state index contributed by atoms with van der Waals surface area (Å²) >= 11 is 0. The van der Waals surface area contributed by atoms with Crippen molar-refractivity contribution in [2.45, 2.75) is 45.6 Å². The summed E-state index contributed by atoms with van der Waals surface area (Å²) in [6, 6.07) is 22.8. The molecule has 1 aromatic heterocycles. The third-order valence-electron chi connectivity index (χ3n) is 7.09. The lowest BCUT2D eigenvalue weighted by atomic mass is 9.94. The Morgan fingerprint density at radius 1 is 0.972 bits per heavy atom. The summed E-state index contributed by atoms with van der Waals surface area (Å²) in [6.07, 6.45) is 5.77. The van der Waals surface area contributed by atoms with Gasteiger partial charge in [-0.2, -0.15) is 4.68 Å². The van der Waals surface area contributed by atoms with Crippen molar-refractivity contribution in [1.82, 2.24) is 19.9 Å². The predicted molar refractivity (Wildman–Crippen MR) is 142 cm³/mol. The van der Waals surface area contributed by atoms with E-state index in [2.05, 4.69) is 72.7 Å². The molecule has 0 spiro atoms. The fourth-order valence-electron chi connectivity index (χ4n) is 5.28. The summed E-state index contributed by atoms with van der Waals surface area (Å²) in [6.45, 7) is 4.95. The Bertz CT molecular complexity index is 1320. The molecule has 0 aliphatic carbocycles. The molecule has 0 saturated carbocycles. The standard InChI is InChI=1S/C30H32N4O2/c1-21-17-27(36-3)18-22(2)29(21)25-14-12-24(13-15-25)28-20-34(32-31-28)30(35)33-16-8-7-11-26(33)19-23-9-5-4-6-10-23/h4-6,9-10,12-15,17-18,20,26H,7-8,11,16,19H2,1-3H3. The van der Waals surface area contributed by atoms with Gasteiger partial charge in [-0.15, -0.1) is 5.10 Å². The molecular weight excluding hydrogens is 448 g/mol. The van der Waals surface area contributed by atoms with E-state index in [4.69, 9.17) is 4.74 Å². The molecule has 3 aromatic carbocycles. The predicted octanol–water partition coefficient (Wildman–Crippen LogP) is 6.30. The van der Waals surface area contributed by atoms with Crippen LogP contribution >= 0.6 is 0 Å². The van der Waals surface area contributed by atoms with Crippen LogP contribution < -0.4 is 4.74 Å². The maximum atomic E-state index is 13.4. The molecule has 1 saturated heterocycles. The van der Waals surface area contributed by atoms with Gasteiger partial charge in [-0.05, 0) is 79.5 Å². The number of benzene rings is 3. The Balaban J connectivity index is 1.34. The van der Waals surface area contributed by atoms with Crippen LogP contribution in [-0.4, -0.2) is 45.6 Å². The summed E-state index contributed by atoms with van der Waals surface area (Å²) in [5.74, 6) is 0.867. The third kappa shape index (κ3) is 4.89. The van der Waals surface area contributed by atoms with E-state index in [1.165, 1.54) is 26.9 Å². The quantitative estimate of drug-likeness (QED) is 0.336. The summed E-state index contributed by atoms with van der Waals surface area (Å²) in [4.78, 5) is 15.4. The third-order valence-corrected chi connectivity index (χ3v) is 7.09. The molecule has 6 nitrogen and oxygen atoms in total. The van der Waals surface area contributed by atoms with Gasteiger partial charge in [-0.25, -0.2) is 4.79 Å². The van der Waals surface area contributed by atoms with E-state index in [-0.39, 0.29) is 12.1 Å². The molecule has 1 aliphatic rings. The number of hydrogen-bond donors (Lipinski definition) is 0. The number of rotatable bonds is 5. The average Bonchev–Trinajstić information content (AvgIpc) is 3.39. The molecule has 5 rings (SSSR count). The van der Waals surface area contributed by atoms with Gasteiger partial charge in [-0.3, -0.25) is 0 Å². The number of aryl methyl sites for hydroxylation is 2. The van der Waals surface area contributed by atoms with Crippen molar-refractivity contribution in [2.75, 3.05) is 13.7 Å². The summed E-state index contributed by atoms with van der Waals surface area (Å²) in [5, 5.41) is 8.52. The monoisotopic (exact) mass is 480 g/mol. The lowest BCUT2D eigenvalue weighted by Gasteiger charge is -2.35. The molecule has 0 radical (unpaired) electrons. The smallest absolute Gasteiger partial charge is 0.346 e. The van der Waals surface area contributed by atoms with Gasteiger partial charge in [0, 0.05) is 18.2 Å². The lowest BCUT2D eigenvalue weighted by Crippen LogP contribution is -2.46. The molecule has 6 heteroatoms. The number of methoxy groups -OCH3 is 1. The largest absolute Gasteiger partial charge is 0.497 e. The molecule has 4 aromatic rings. The number of likely N-dealkylation sites (tertiary alicyclic amines) is 1. The topological polar surface area (TPSA) is 60.2 Å². The van der Waals surface area contributed by atoms with Crippen LogP contribution in [0.5, 0.6) is 5.75 Å². The van der Waals surface area contributed by atoms with Crippen LogP contribution in [0.3, 0.4) is 0 Å². The van der Waals surface area contributed by atoms with Crippen LogP contribution in [0.4, 0.5) is 4.79 Å². The van der Waals surface area contributed by atoms with Gasteiger partial charge in [0.05, 0.1) is 13.3 Å². The summed E-state index contributed by atoms with van der Waals surface area (Å²) < 4.78 is 6.79. The van der Waals surface area contributed by atoms with Gasteiger partial charge in [0.25, 0.3) is 0 Å². The zero-order valence-electron chi connectivity index (χ0n) is 21.1. The molecule has 0 N–H and O–H groups in total. The number of aromatic nitrogens is 3. The highest BCUT2D eigenvalue weighted by atomic mass is 16.5. The van der Waals surface area contributed by atoms with E-state index < -0.39 is 0 Å². The number of amides is 1. The number of ether oxygens (including phenoxy) is 1. The van der Waals surface area contributed by atoms with Gasteiger partial charge < -0.3 is 9.64 Å². The highest BCUT2D eigenvalue weighted by Crippen LogP contribution is 2.32. The molecule has 1 fully saturated rings. The average molecular weight is 481 g/mol. The van der Waals surface area contributed by atoms with Crippen molar-refractivity contribution in [2.24, 2.45) is 0 Å². The van der Waals surface area contributed by atoms with Gasteiger partial charge in [0.15, 0.2) is 0 Å². The van der Waals surface area contributed by atoms with Crippen LogP contribution in [0.15, 0.2) is 72.9 Å². The SMILES string of the molecule is COc1cc(C)c(-c2ccc(-c3cn(C(=O)N4CCCCC4Cc4ccccc4)nn3)cc2)c(C)c1. The Morgan fingerprint density at radius 3 is 2.36 bits per heavy atom. The highest BCUT2D eigenvalue weighted by Gasteiger charge is 2.28. The normalized spacial score (nSPS) is 15.6. The molecule has 2 heterocycles. The van der Waals surface area contributed by atoms with Crippen molar-refractivity contribution >= 4 is 6.03 Å². The van der Waals surface area contributed by atoms with Crippen LogP contribution in [0.25, 0.3) is 22.4 Å². The summed E-state index contributed by atoms with van der Waals surface area (Å²) in [5.41, 5.74) is 7.55. The van der Waals surface area contributed by atoms with E-state index >= 15 is 0 Å². The second-order valence-corrected chi connectivity index (χ2v) is 9.58. The maximum absolute atomic E-state index is 13.4. The van der Waals surface area contributed by atoms with E-state index in [0.717, 1.165) is 49.1 Å². The Kier molecular flexibility index (Phi) is 6.85. The van der Waals surface area contributed by atoms with Crippen molar-refractivity contribution in [3.63, 3.8) is 0 Å². The van der Waals surface area contributed by atoms with Gasteiger partial charge >= 0.3 is 6.03 Å². The maximum Gasteiger partial charge on any atom is 0.346 e. The first-order chi connectivity index (χ1) is 17.5. The lowest BCUT2D eigenvalue weighted by molar-refractivity contribution is 0.149. The van der Waals surface area contributed by atoms with Crippen LogP contribution in [-0.2, 0) is 6.42 Å². The molecule has 184 valence electrons. The second kappa shape index (κ2) is 10.4. The van der Waals surface area contributed by atoms with E-state index in [9.17, 15) is 4.79 Å². The van der Waals surface area contributed by atoms with Crippen molar-refractivity contribution < 1.29 is 9.53 Å². The van der Waals surface area contributed by atoms with E-state index in [1.807, 2.05) is 23.1 Å². The Labute approximate surface area is 212 Å². The van der Waals surface area contributed by atoms with E-state index in [0.29, 0.717) is 5.69 Å². The van der Waals surface area contributed by atoms with Crippen molar-refractivity contribution in [3.8, 4) is 28.1 Å². The molecule has 1 amide bonds. The summed E-state index contributed by atoms with van der Waals surface area (Å²) in [7, 11) is 1.69. The number of nitrogens with zero attached hydrogens (tertiary/aromatic N) is 4. The number of hydrogen-bond acceptors (Lipinski definition) is 4. The van der Waals surface area contributed by atoms with Gasteiger partial charge in [0.2, 0.25) is 0 Å². The number of piperidine rings is 1. The zero-order chi connectivity index (χ0) is 25.1. The molecule has 1 unspecified atom stereocenters. The first-order valence-corrected chi connectivity index (χ1v) is 12.6. The minimum atomic E-state index is -0.101. The number of carbonyl (C=O) groups is 1. The van der Waals surface area contributed by atoms with Gasteiger partial charge in [0.1, 0.15) is 11.4 Å². The van der Waals surface area contributed by atoms with Crippen molar-refractivity contribution in [1.29, 1.82) is 0 Å². The van der Waals surface area contributed by atoms with E-state index in [1.54, 1.807) is 13.3 Å². The highest BCUT2D eigenvalue weighted by molar-refractivity contribution is 5.78. The fraction of sp³-hybridized carbons (Fsp3) is 0.300. The molecule has 0 bridgehead atoms. The Morgan fingerprint density at radius 2 is 1.67 bits per heavy atom. The molecule has 1 aliphatic heterocycles. The molecule has 1 atom stereocenters. The minimum Gasteiger partial charge on any atom is -0.497 e. The van der Waals surface area contributed by atoms with Crippen molar-refractivity contribution in [3.05, 3.63) is 89.6 Å².